The van der Waals surface area contributed by atoms with E-state index in [1.54, 1.807) is 19.4 Å². The van der Waals surface area contributed by atoms with Crippen LogP contribution in [0.5, 0.6) is 0 Å². The molecular formula is C12H15ClN2O. The molecule has 0 saturated heterocycles. The van der Waals surface area contributed by atoms with Gasteiger partial charge >= 0.3 is 0 Å². The van der Waals surface area contributed by atoms with Gasteiger partial charge in [-0.3, -0.25) is 0 Å². The van der Waals surface area contributed by atoms with Crippen molar-refractivity contribution in [2.45, 2.75) is 25.4 Å². The van der Waals surface area contributed by atoms with E-state index in [1.165, 1.54) is 5.57 Å². The molecule has 4 heteroatoms. The van der Waals surface area contributed by atoms with E-state index in [0.717, 1.165) is 24.8 Å². The lowest BCUT2D eigenvalue weighted by Crippen LogP contribution is -2.14. The molecule has 0 radical (unpaired) electrons. The largest absolute Gasteiger partial charge is 0.383 e. The van der Waals surface area contributed by atoms with E-state index in [4.69, 9.17) is 22.1 Å². The number of methoxy groups -OCH3 is 1. The van der Waals surface area contributed by atoms with Gasteiger partial charge < -0.3 is 10.5 Å². The van der Waals surface area contributed by atoms with Gasteiger partial charge in [0.2, 0.25) is 0 Å². The van der Waals surface area contributed by atoms with E-state index in [2.05, 4.69) is 11.1 Å². The number of allylic oxidation sites excluding steroid dienone is 1. The fraction of sp³-hybridized carbons (Fsp3) is 0.417. The predicted octanol–water partition coefficient (Wildman–Crippen LogP) is 2.90. The molecule has 1 aliphatic rings. The number of hydrogen-bond donors (Lipinski definition) is 1. The number of ether oxygens (including phenoxy) is 1. The zero-order valence-electron chi connectivity index (χ0n) is 9.24. The van der Waals surface area contributed by atoms with Crippen molar-refractivity contribution < 1.29 is 4.74 Å². The smallest absolute Gasteiger partial charge is 0.132 e. The van der Waals surface area contributed by atoms with Crippen LogP contribution in [0, 0.1) is 0 Å². The molecule has 0 amide bonds. The minimum atomic E-state index is 0.320. The van der Waals surface area contributed by atoms with Gasteiger partial charge in [0.25, 0.3) is 0 Å². The molecule has 0 saturated carbocycles. The number of hydrogen-bond acceptors (Lipinski definition) is 3. The summed E-state index contributed by atoms with van der Waals surface area (Å²) in [6.07, 6.45) is 6.96. The Kier molecular flexibility index (Phi) is 3.46. The molecule has 1 aliphatic carbocycles. The molecule has 0 aliphatic heterocycles. The molecule has 1 atom stereocenters. The number of pyridine rings is 1. The van der Waals surface area contributed by atoms with Gasteiger partial charge in [-0.2, -0.15) is 0 Å². The number of anilines is 1. The van der Waals surface area contributed by atoms with Gasteiger partial charge in [0, 0.05) is 18.9 Å². The predicted molar refractivity (Wildman–Crippen MR) is 66.3 cm³/mol. The molecule has 0 fully saturated rings. The highest BCUT2D eigenvalue weighted by Crippen LogP contribution is 2.34. The van der Waals surface area contributed by atoms with E-state index < -0.39 is 0 Å². The molecule has 1 aromatic rings. The van der Waals surface area contributed by atoms with Crippen LogP contribution in [0.15, 0.2) is 18.3 Å². The molecule has 1 unspecified atom stereocenters. The van der Waals surface area contributed by atoms with Crippen LogP contribution in [-0.4, -0.2) is 18.2 Å². The highest BCUT2D eigenvalue weighted by molar-refractivity contribution is 6.32. The maximum absolute atomic E-state index is 6.14. The summed E-state index contributed by atoms with van der Waals surface area (Å²) in [6.45, 7) is 0. The standard InChI is InChI=1S/C12H15ClN2O/c1-16-9-4-2-8(3-5-9)11-10(13)6-7-15-12(11)14/h2,6-7,9H,3-5H2,1H3,(H2,14,15). The van der Waals surface area contributed by atoms with Gasteiger partial charge in [0.15, 0.2) is 0 Å². The Bertz CT molecular complexity index is 397. The van der Waals surface area contributed by atoms with Crippen LogP contribution in [0.3, 0.4) is 0 Å². The van der Waals surface area contributed by atoms with Gasteiger partial charge in [-0.05, 0) is 30.9 Å². The van der Waals surface area contributed by atoms with Gasteiger partial charge in [-0.1, -0.05) is 17.7 Å². The number of nitrogen functional groups attached to an aromatic ring is 1. The first kappa shape index (κ1) is 11.4. The number of nitrogens with zero attached hydrogens (tertiary/aromatic N) is 1. The zero-order valence-corrected chi connectivity index (χ0v) is 10.00. The minimum absolute atomic E-state index is 0.320. The summed E-state index contributed by atoms with van der Waals surface area (Å²) in [4.78, 5) is 4.08. The maximum atomic E-state index is 6.14. The molecule has 2 rings (SSSR count). The molecule has 3 nitrogen and oxygen atoms in total. The second-order valence-electron chi connectivity index (χ2n) is 3.91. The molecule has 86 valence electrons. The highest BCUT2D eigenvalue weighted by Gasteiger charge is 2.18. The summed E-state index contributed by atoms with van der Waals surface area (Å²) in [7, 11) is 1.74. The van der Waals surface area contributed by atoms with Crippen molar-refractivity contribution in [2.75, 3.05) is 12.8 Å². The van der Waals surface area contributed by atoms with Gasteiger partial charge in [0.1, 0.15) is 5.82 Å². The molecule has 2 N–H and O–H groups in total. The van der Waals surface area contributed by atoms with Crippen molar-refractivity contribution in [2.24, 2.45) is 0 Å². The first-order valence-corrected chi connectivity index (χ1v) is 5.72. The van der Waals surface area contributed by atoms with Crippen molar-refractivity contribution in [3.63, 3.8) is 0 Å². The highest BCUT2D eigenvalue weighted by atomic mass is 35.5. The van der Waals surface area contributed by atoms with Crippen LogP contribution < -0.4 is 5.73 Å². The van der Waals surface area contributed by atoms with E-state index in [0.29, 0.717) is 16.9 Å². The maximum Gasteiger partial charge on any atom is 0.132 e. The third-order valence-electron chi connectivity index (χ3n) is 2.95. The number of nitrogens with two attached hydrogens (primary N) is 1. The van der Waals surface area contributed by atoms with Crippen molar-refractivity contribution in [1.82, 2.24) is 4.98 Å². The van der Waals surface area contributed by atoms with E-state index in [1.807, 2.05) is 0 Å². The minimum Gasteiger partial charge on any atom is -0.383 e. The second-order valence-corrected chi connectivity index (χ2v) is 4.32. The van der Waals surface area contributed by atoms with Crippen molar-refractivity contribution in [1.29, 1.82) is 0 Å². The Morgan fingerprint density at radius 3 is 2.94 bits per heavy atom. The molecule has 0 spiro atoms. The fourth-order valence-corrected chi connectivity index (χ4v) is 2.30. The summed E-state index contributed by atoms with van der Waals surface area (Å²) in [5.41, 5.74) is 7.92. The van der Waals surface area contributed by atoms with Gasteiger partial charge in [0.05, 0.1) is 11.1 Å². The quantitative estimate of drug-likeness (QED) is 0.862. The zero-order chi connectivity index (χ0) is 11.5. The summed E-state index contributed by atoms with van der Waals surface area (Å²) >= 11 is 6.14. The van der Waals surface area contributed by atoms with E-state index >= 15 is 0 Å². The topological polar surface area (TPSA) is 48.1 Å². The number of aromatic nitrogens is 1. The summed E-state index contributed by atoms with van der Waals surface area (Å²) in [5, 5.41) is 0.676. The Hall–Kier alpha value is -1.06. The normalized spacial score (nSPS) is 20.6. The lowest BCUT2D eigenvalue weighted by molar-refractivity contribution is 0.0964. The SMILES string of the molecule is COC1CC=C(c2c(Cl)ccnc2N)CC1. The summed E-state index contributed by atoms with van der Waals surface area (Å²) in [5.74, 6) is 0.509. The lowest BCUT2D eigenvalue weighted by atomic mass is 9.92. The van der Waals surface area contributed by atoms with Gasteiger partial charge in [-0.15, -0.1) is 0 Å². The Balaban J connectivity index is 2.29. The third-order valence-corrected chi connectivity index (χ3v) is 3.26. The van der Waals surface area contributed by atoms with Crippen LogP contribution in [0.2, 0.25) is 5.02 Å². The van der Waals surface area contributed by atoms with Crippen molar-refractivity contribution in [3.8, 4) is 0 Å². The molecule has 1 heterocycles. The average Bonchev–Trinajstić information content (AvgIpc) is 2.30. The summed E-state index contributed by atoms with van der Waals surface area (Å²) in [6, 6.07) is 1.77. The van der Waals surface area contributed by atoms with Crippen LogP contribution in [0.4, 0.5) is 5.82 Å². The third kappa shape index (κ3) is 2.20. The van der Waals surface area contributed by atoms with Crippen LogP contribution >= 0.6 is 11.6 Å². The monoisotopic (exact) mass is 238 g/mol. The Labute approximate surface area is 100 Å². The Morgan fingerprint density at radius 2 is 2.38 bits per heavy atom. The molecule has 0 bridgehead atoms. The van der Waals surface area contributed by atoms with E-state index in [9.17, 15) is 0 Å². The first-order chi connectivity index (χ1) is 7.72. The van der Waals surface area contributed by atoms with Crippen LogP contribution in [0.25, 0.3) is 5.57 Å². The summed E-state index contributed by atoms with van der Waals surface area (Å²) < 4.78 is 5.31. The van der Waals surface area contributed by atoms with Gasteiger partial charge in [-0.25, -0.2) is 4.98 Å². The Morgan fingerprint density at radius 1 is 1.56 bits per heavy atom. The molecule has 16 heavy (non-hydrogen) atoms. The van der Waals surface area contributed by atoms with Crippen LogP contribution in [0.1, 0.15) is 24.8 Å². The lowest BCUT2D eigenvalue weighted by Gasteiger charge is -2.21. The molecule has 1 aromatic heterocycles. The van der Waals surface area contributed by atoms with Crippen molar-refractivity contribution in [3.05, 3.63) is 28.9 Å². The van der Waals surface area contributed by atoms with Crippen LogP contribution in [-0.2, 0) is 4.74 Å². The van der Waals surface area contributed by atoms with Crippen molar-refractivity contribution >= 4 is 23.0 Å². The average molecular weight is 239 g/mol. The fourth-order valence-electron chi connectivity index (χ4n) is 2.02. The molecular weight excluding hydrogens is 224 g/mol. The number of rotatable bonds is 2. The second kappa shape index (κ2) is 4.85. The first-order valence-electron chi connectivity index (χ1n) is 5.34. The van der Waals surface area contributed by atoms with E-state index in [-0.39, 0.29) is 0 Å². The molecule has 0 aromatic carbocycles. The number of halogens is 1.